The van der Waals surface area contributed by atoms with Crippen molar-refractivity contribution in [3.05, 3.63) is 72.0 Å². The average molecular weight is 375 g/mol. The van der Waals surface area contributed by atoms with Gasteiger partial charge in [-0.1, -0.05) is 6.07 Å². The minimum atomic E-state index is -0.0870. The van der Waals surface area contributed by atoms with E-state index in [1.54, 1.807) is 18.6 Å². The summed E-state index contributed by atoms with van der Waals surface area (Å²) >= 11 is 0. The molecule has 1 aliphatic rings. The maximum Gasteiger partial charge on any atom is 0.290 e. The van der Waals surface area contributed by atoms with Gasteiger partial charge in [0, 0.05) is 18.9 Å². The molecule has 0 radical (unpaired) electrons. The minimum Gasteiger partial charge on any atom is -0.454 e. The summed E-state index contributed by atoms with van der Waals surface area (Å²) in [6.07, 6.45) is 7.16. The highest BCUT2D eigenvalue weighted by atomic mass is 16.4. The summed E-state index contributed by atoms with van der Waals surface area (Å²) in [4.78, 5) is 27.1. The van der Waals surface area contributed by atoms with Crippen molar-refractivity contribution in [3.63, 3.8) is 0 Å². The highest BCUT2D eigenvalue weighted by molar-refractivity contribution is 5.92. The molecular formula is C21H21N5O2. The van der Waals surface area contributed by atoms with Crippen molar-refractivity contribution in [2.24, 2.45) is 0 Å². The van der Waals surface area contributed by atoms with Crippen LogP contribution in [-0.2, 0) is 6.54 Å². The van der Waals surface area contributed by atoms with Crippen LogP contribution in [0.5, 0.6) is 0 Å². The Morgan fingerprint density at radius 3 is 3.11 bits per heavy atom. The van der Waals surface area contributed by atoms with E-state index in [4.69, 9.17) is 9.40 Å². The molecule has 1 aliphatic heterocycles. The molecule has 28 heavy (non-hydrogen) atoms. The van der Waals surface area contributed by atoms with Crippen molar-refractivity contribution in [3.8, 4) is 0 Å². The molecule has 7 heteroatoms. The van der Waals surface area contributed by atoms with Gasteiger partial charge in [0.2, 0.25) is 0 Å². The van der Waals surface area contributed by atoms with E-state index in [2.05, 4.69) is 29.0 Å². The quantitative estimate of drug-likeness (QED) is 0.590. The number of rotatable bonds is 4. The lowest BCUT2D eigenvalue weighted by atomic mass is 10.2. The van der Waals surface area contributed by atoms with Gasteiger partial charge in [0.05, 0.1) is 29.9 Å². The molecule has 1 N–H and O–H groups in total. The van der Waals surface area contributed by atoms with E-state index in [-0.39, 0.29) is 11.9 Å². The zero-order valence-electron chi connectivity index (χ0n) is 15.6. The SMILES string of the molecule is Cc1ccc2nc(C3CCCN3C(=O)c3ccc(Cn4ccnc4)o3)[nH]c2c1. The number of aryl methyl sites for hydroxylation is 1. The molecule has 5 rings (SSSR count). The second-order valence-corrected chi connectivity index (χ2v) is 7.30. The highest BCUT2D eigenvalue weighted by Crippen LogP contribution is 2.33. The summed E-state index contributed by atoms with van der Waals surface area (Å²) < 4.78 is 7.72. The topological polar surface area (TPSA) is 79.9 Å². The molecule has 1 amide bonds. The van der Waals surface area contributed by atoms with E-state index in [0.29, 0.717) is 18.8 Å². The average Bonchev–Trinajstić information content (AvgIpc) is 3.47. The number of aromatic nitrogens is 4. The fraction of sp³-hybridized carbons (Fsp3) is 0.286. The number of furan rings is 1. The Labute approximate surface area is 162 Å². The van der Waals surface area contributed by atoms with Crippen LogP contribution in [0.2, 0.25) is 0 Å². The van der Waals surface area contributed by atoms with Gasteiger partial charge in [0.25, 0.3) is 5.91 Å². The molecule has 0 saturated carbocycles. The summed E-state index contributed by atoms with van der Waals surface area (Å²) in [7, 11) is 0. The molecule has 0 aliphatic carbocycles. The minimum absolute atomic E-state index is 0.0533. The van der Waals surface area contributed by atoms with Crippen LogP contribution in [0.4, 0.5) is 0 Å². The van der Waals surface area contributed by atoms with Crippen LogP contribution in [-0.4, -0.2) is 36.9 Å². The number of nitrogens with one attached hydrogen (secondary N) is 1. The van der Waals surface area contributed by atoms with Crippen molar-refractivity contribution in [2.45, 2.75) is 32.4 Å². The van der Waals surface area contributed by atoms with Crippen molar-refractivity contribution in [1.82, 2.24) is 24.4 Å². The van der Waals surface area contributed by atoms with Gasteiger partial charge in [0.1, 0.15) is 11.6 Å². The fourth-order valence-corrected chi connectivity index (χ4v) is 3.87. The number of hydrogen-bond donors (Lipinski definition) is 1. The normalized spacial score (nSPS) is 16.9. The number of fused-ring (bicyclic) bond motifs is 1. The first-order valence-corrected chi connectivity index (χ1v) is 9.49. The van der Waals surface area contributed by atoms with Crippen molar-refractivity contribution in [1.29, 1.82) is 0 Å². The zero-order chi connectivity index (χ0) is 19.1. The molecular weight excluding hydrogens is 354 g/mol. The smallest absolute Gasteiger partial charge is 0.290 e. The summed E-state index contributed by atoms with van der Waals surface area (Å²) in [6, 6.07) is 9.70. The molecule has 142 valence electrons. The van der Waals surface area contributed by atoms with Gasteiger partial charge in [-0.25, -0.2) is 9.97 Å². The third-order valence-electron chi connectivity index (χ3n) is 5.26. The van der Waals surface area contributed by atoms with E-state index in [1.807, 2.05) is 27.8 Å². The number of amides is 1. The fourth-order valence-electron chi connectivity index (χ4n) is 3.87. The van der Waals surface area contributed by atoms with Gasteiger partial charge >= 0.3 is 0 Å². The van der Waals surface area contributed by atoms with Crippen LogP contribution in [0.25, 0.3) is 11.0 Å². The summed E-state index contributed by atoms with van der Waals surface area (Å²) in [6.45, 7) is 3.32. The maximum absolute atomic E-state index is 13.1. The molecule has 1 unspecified atom stereocenters. The van der Waals surface area contributed by atoms with Crippen LogP contribution in [0.3, 0.4) is 0 Å². The van der Waals surface area contributed by atoms with Gasteiger partial charge in [0.15, 0.2) is 5.76 Å². The molecule has 1 fully saturated rings. The van der Waals surface area contributed by atoms with Gasteiger partial charge in [-0.05, 0) is 49.6 Å². The summed E-state index contributed by atoms with van der Waals surface area (Å²) in [5, 5.41) is 0. The number of likely N-dealkylation sites (tertiary alicyclic amines) is 1. The lowest BCUT2D eigenvalue weighted by molar-refractivity contribution is 0.0696. The first kappa shape index (κ1) is 16.8. The Balaban J connectivity index is 1.38. The number of benzene rings is 1. The van der Waals surface area contributed by atoms with Gasteiger partial charge in [-0.2, -0.15) is 0 Å². The number of carbonyl (C=O) groups is 1. The van der Waals surface area contributed by atoms with Crippen LogP contribution < -0.4 is 0 Å². The van der Waals surface area contributed by atoms with Gasteiger partial charge in [-0.15, -0.1) is 0 Å². The third kappa shape index (κ3) is 2.98. The lowest BCUT2D eigenvalue weighted by Crippen LogP contribution is -2.30. The van der Waals surface area contributed by atoms with E-state index in [9.17, 15) is 4.79 Å². The number of aromatic amines is 1. The predicted octanol–water partition coefficient (Wildman–Crippen LogP) is 3.69. The number of H-pyrrole nitrogens is 1. The molecule has 4 aromatic rings. The molecule has 1 saturated heterocycles. The number of nitrogens with zero attached hydrogens (tertiary/aromatic N) is 4. The number of imidazole rings is 2. The standard InChI is InChI=1S/C21H21N5O2/c1-14-4-6-16-17(11-14)24-20(23-16)18-3-2-9-26(18)21(27)19-7-5-15(28-19)12-25-10-8-22-13-25/h4-8,10-11,13,18H,2-3,9,12H2,1H3,(H,23,24). The van der Waals surface area contributed by atoms with Gasteiger partial charge in [-0.3, -0.25) is 4.79 Å². The first-order valence-electron chi connectivity index (χ1n) is 9.49. The number of carbonyl (C=O) groups excluding carboxylic acids is 1. The Hall–Kier alpha value is -3.35. The Bertz CT molecular complexity index is 1130. The maximum atomic E-state index is 13.1. The second kappa shape index (κ2) is 6.67. The Kier molecular flexibility index (Phi) is 4.00. The Morgan fingerprint density at radius 2 is 2.25 bits per heavy atom. The summed E-state index contributed by atoms with van der Waals surface area (Å²) in [5.74, 6) is 1.86. The molecule has 0 bridgehead atoms. The molecule has 3 aromatic heterocycles. The highest BCUT2D eigenvalue weighted by Gasteiger charge is 2.34. The third-order valence-corrected chi connectivity index (χ3v) is 5.26. The lowest BCUT2D eigenvalue weighted by Gasteiger charge is -2.22. The molecule has 0 spiro atoms. The van der Waals surface area contributed by atoms with Gasteiger partial charge < -0.3 is 18.9 Å². The van der Waals surface area contributed by atoms with E-state index < -0.39 is 0 Å². The molecule has 7 nitrogen and oxygen atoms in total. The largest absolute Gasteiger partial charge is 0.454 e. The van der Waals surface area contributed by atoms with E-state index >= 15 is 0 Å². The monoisotopic (exact) mass is 375 g/mol. The van der Waals surface area contributed by atoms with E-state index in [0.717, 1.165) is 35.5 Å². The Morgan fingerprint density at radius 1 is 1.32 bits per heavy atom. The second-order valence-electron chi connectivity index (χ2n) is 7.30. The van der Waals surface area contributed by atoms with Crippen molar-refractivity contribution >= 4 is 16.9 Å². The zero-order valence-corrected chi connectivity index (χ0v) is 15.6. The molecule has 1 aromatic carbocycles. The molecule has 1 atom stereocenters. The van der Waals surface area contributed by atoms with Crippen LogP contribution >= 0.6 is 0 Å². The summed E-state index contributed by atoms with van der Waals surface area (Å²) in [5.41, 5.74) is 3.12. The molecule has 4 heterocycles. The van der Waals surface area contributed by atoms with Crippen LogP contribution in [0.1, 0.15) is 46.6 Å². The number of hydrogen-bond acceptors (Lipinski definition) is 4. The predicted molar refractivity (Wildman–Crippen MR) is 104 cm³/mol. The van der Waals surface area contributed by atoms with Crippen LogP contribution in [0.15, 0.2) is 53.5 Å². The van der Waals surface area contributed by atoms with Crippen molar-refractivity contribution < 1.29 is 9.21 Å². The van der Waals surface area contributed by atoms with Crippen LogP contribution in [0, 0.1) is 6.92 Å². The first-order chi connectivity index (χ1) is 13.7. The van der Waals surface area contributed by atoms with Crippen molar-refractivity contribution in [2.75, 3.05) is 6.54 Å². The van der Waals surface area contributed by atoms with E-state index in [1.165, 1.54) is 5.56 Å².